The highest BCUT2D eigenvalue weighted by atomic mass is 16.6. The highest BCUT2D eigenvalue weighted by Crippen LogP contribution is 2.16. The smallest absolute Gasteiger partial charge is 0.269 e. The van der Waals surface area contributed by atoms with Crippen molar-refractivity contribution in [3.05, 3.63) is 70.3 Å². The molecule has 2 amide bonds. The Bertz CT molecular complexity index is 870. The summed E-state index contributed by atoms with van der Waals surface area (Å²) in [7, 11) is 0. The fraction of sp³-hybridized carbons (Fsp3) is 0.211. The van der Waals surface area contributed by atoms with Crippen LogP contribution < -0.4 is 21.7 Å². The van der Waals surface area contributed by atoms with Gasteiger partial charge in [0.1, 0.15) is 6.04 Å². The third-order valence-electron chi connectivity index (χ3n) is 3.99. The van der Waals surface area contributed by atoms with Gasteiger partial charge in [-0.25, -0.2) is 0 Å². The summed E-state index contributed by atoms with van der Waals surface area (Å²) in [6, 6.07) is 13.1. The van der Waals surface area contributed by atoms with Gasteiger partial charge in [-0.15, -0.1) is 0 Å². The van der Waals surface area contributed by atoms with Crippen LogP contribution in [-0.2, 0) is 4.79 Å². The lowest BCUT2D eigenvalue weighted by Crippen LogP contribution is -2.44. The van der Waals surface area contributed by atoms with E-state index in [1.807, 2.05) is 0 Å². The van der Waals surface area contributed by atoms with E-state index in [0.717, 1.165) is 0 Å². The summed E-state index contributed by atoms with van der Waals surface area (Å²) in [4.78, 5) is 35.3. The molecule has 2 aromatic rings. The van der Waals surface area contributed by atoms with E-state index in [2.05, 4.69) is 16.0 Å². The molecule has 10 nitrogen and oxygen atoms in total. The zero-order valence-corrected chi connectivity index (χ0v) is 15.6. The van der Waals surface area contributed by atoms with Crippen LogP contribution in [0.4, 0.5) is 11.4 Å². The molecule has 0 spiro atoms. The number of anilines is 1. The number of nitrogens with one attached hydrogen (secondary N) is 4. The predicted octanol–water partition coefficient (Wildman–Crippen LogP) is 1.60. The summed E-state index contributed by atoms with van der Waals surface area (Å²) < 4.78 is 0. The Morgan fingerprint density at radius 2 is 1.76 bits per heavy atom. The molecule has 1 atom stereocenters. The quantitative estimate of drug-likeness (QED) is 0.142. The minimum absolute atomic E-state index is 0.0905. The summed E-state index contributed by atoms with van der Waals surface area (Å²) in [5.74, 6) is -1.02. The number of hydrogen-bond donors (Lipinski definition) is 5. The van der Waals surface area contributed by atoms with E-state index in [1.54, 1.807) is 30.3 Å². The zero-order valence-electron chi connectivity index (χ0n) is 15.6. The molecule has 152 valence electrons. The van der Waals surface area contributed by atoms with Crippen LogP contribution in [0.3, 0.4) is 0 Å². The van der Waals surface area contributed by atoms with E-state index in [0.29, 0.717) is 30.6 Å². The van der Waals surface area contributed by atoms with Gasteiger partial charge in [0.25, 0.3) is 11.6 Å². The lowest BCUT2D eigenvalue weighted by molar-refractivity contribution is -0.384. The van der Waals surface area contributed by atoms with Crippen molar-refractivity contribution in [3.8, 4) is 0 Å². The van der Waals surface area contributed by atoms with Crippen molar-refractivity contribution in [2.45, 2.75) is 18.9 Å². The van der Waals surface area contributed by atoms with Crippen LogP contribution in [0.1, 0.15) is 23.2 Å². The largest absolute Gasteiger partial charge is 0.370 e. The van der Waals surface area contributed by atoms with Crippen molar-refractivity contribution in [2.75, 3.05) is 11.9 Å². The van der Waals surface area contributed by atoms with Crippen LogP contribution in [0.2, 0.25) is 0 Å². The van der Waals surface area contributed by atoms with Crippen LogP contribution >= 0.6 is 0 Å². The summed E-state index contributed by atoms with van der Waals surface area (Å²) in [5, 5.41) is 25.9. The molecule has 0 saturated heterocycles. The molecule has 0 aliphatic heterocycles. The maximum absolute atomic E-state index is 12.7. The third kappa shape index (κ3) is 6.94. The van der Waals surface area contributed by atoms with Gasteiger partial charge in [0.2, 0.25) is 5.91 Å². The van der Waals surface area contributed by atoms with Gasteiger partial charge in [0.15, 0.2) is 5.96 Å². The van der Waals surface area contributed by atoms with Crippen molar-refractivity contribution >= 4 is 29.1 Å². The number of nitro groups is 1. The van der Waals surface area contributed by atoms with Crippen LogP contribution in [0, 0.1) is 15.5 Å². The van der Waals surface area contributed by atoms with Gasteiger partial charge in [-0.1, -0.05) is 18.2 Å². The molecule has 0 radical (unpaired) electrons. The second-order valence-corrected chi connectivity index (χ2v) is 6.17. The van der Waals surface area contributed by atoms with E-state index in [4.69, 9.17) is 11.1 Å². The standard InChI is InChI=1S/C19H22N6O4/c20-19(21)22-12-4-7-16(24-17(26)13-5-2-1-3-6-13)18(27)23-14-8-10-15(11-9-14)25(28)29/h1-3,5-6,8-11,16H,4,7,12H2,(H,23,27)(H,24,26)(H4,20,21,22)/t16-/m0/s1. The van der Waals surface area contributed by atoms with Crippen LogP contribution in [0.25, 0.3) is 0 Å². The van der Waals surface area contributed by atoms with Gasteiger partial charge in [-0.05, 0) is 37.1 Å². The first kappa shape index (κ1) is 21.4. The molecule has 0 saturated carbocycles. The average Bonchev–Trinajstić information content (AvgIpc) is 2.71. The Morgan fingerprint density at radius 3 is 2.34 bits per heavy atom. The maximum atomic E-state index is 12.7. The van der Waals surface area contributed by atoms with Crippen molar-refractivity contribution in [1.29, 1.82) is 5.41 Å². The topological polar surface area (TPSA) is 163 Å². The SMILES string of the molecule is N=C(N)NCCC[C@H](NC(=O)c1ccccc1)C(=O)Nc1ccc([N+](=O)[O-])cc1. The van der Waals surface area contributed by atoms with Gasteiger partial charge in [0.05, 0.1) is 4.92 Å². The number of nitrogens with zero attached hydrogens (tertiary/aromatic N) is 1. The van der Waals surface area contributed by atoms with E-state index in [9.17, 15) is 19.7 Å². The highest BCUT2D eigenvalue weighted by Gasteiger charge is 2.21. The molecule has 0 fully saturated rings. The Kier molecular flexibility index (Phi) is 7.66. The molecule has 0 aromatic heterocycles. The minimum atomic E-state index is -0.841. The van der Waals surface area contributed by atoms with Crippen molar-refractivity contribution < 1.29 is 14.5 Å². The lowest BCUT2D eigenvalue weighted by atomic mass is 10.1. The molecule has 6 N–H and O–H groups in total. The number of nitrogens with two attached hydrogens (primary N) is 1. The van der Waals surface area contributed by atoms with Crippen molar-refractivity contribution in [1.82, 2.24) is 10.6 Å². The van der Waals surface area contributed by atoms with E-state index in [-0.39, 0.29) is 11.6 Å². The fourth-order valence-corrected chi connectivity index (χ4v) is 2.53. The van der Waals surface area contributed by atoms with E-state index in [1.165, 1.54) is 24.3 Å². The van der Waals surface area contributed by atoms with Gasteiger partial charge >= 0.3 is 0 Å². The summed E-state index contributed by atoms with van der Waals surface area (Å²) >= 11 is 0. The second-order valence-electron chi connectivity index (χ2n) is 6.17. The number of amides is 2. The van der Waals surface area contributed by atoms with Gasteiger partial charge in [0, 0.05) is 29.9 Å². The molecule has 0 heterocycles. The first-order valence-electron chi connectivity index (χ1n) is 8.86. The van der Waals surface area contributed by atoms with E-state index < -0.39 is 22.8 Å². The fourth-order valence-electron chi connectivity index (χ4n) is 2.53. The molecular formula is C19H22N6O4. The van der Waals surface area contributed by atoms with Crippen LogP contribution in [0.5, 0.6) is 0 Å². The first-order valence-corrected chi connectivity index (χ1v) is 8.86. The molecule has 2 rings (SSSR count). The monoisotopic (exact) mass is 398 g/mol. The average molecular weight is 398 g/mol. The van der Waals surface area contributed by atoms with Crippen molar-refractivity contribution in [3.63, 3.8) is 0 Å². The molecule has 10 heteroatoms. The molecule has 2 aromatic carbocycles. The number of benzene rings is 2. The second kappa shape index (κ2) is 10.4. The van der Waals surface area contributed by atoms with Gasteiger partial charge < -0.3 is 21.7 Å². The molecule has 0 aliphatic rings. The number of carbonyl (C=O) groups is 2. The van der Waals surface area contributed by atoms with Gasteiger partial charge in [-0.3, -0.25) is 25.1 Å². The molecular weight excluding hydrogens is 376 g/mol. The number of hydrogen-bond acceptors (Lipinski definition) is 5. The lowest BCUT2D eigenvalue weighted by Gasteiger charge is -2.19. The Morgan fingerprint density at radius 1 is 1.10 bits per heavy atom. The molecule has 0 unspecified atom stereocenters. The Balaban J connectivity index is 2.05. The van der Waals surface area contributed by atoms with Crippen LogP contribution in [-0.4, -0.2) is 35.3 Å². The summed E-state index contributed by atoms with van der Waals surface area (Å²) in [6.45, 7) is 0.373. The first-order chi connectivity index (χ1) is 13.9. The summed E-state index contributed by atoms with van der Waals surface area (Å²) in [5.41, 5.74) is 5.94. The van der Waals surface area contributed by atoms with Gasteiger partial charge in [-0.2, -0.15) is 0 Å². The Hall–Kier alpha value is -3.95. The van der Waals surface area contributed by atoms with Crippen LogP contribution in [0.15, 0.2) is 54.6 Å². The zero-order chi connectivity index (χ0) is 21.2. The van der Waals surface area contributed by atoms with Crippen molar-refractivity contribution in [2.24, 2.45) is 5.73 Å². The number of guanidine groups is 1. The normalized spacial score (nSPS) is 11.2. The highest BCUT2D eigenvalue weighted by molar-refractivity contribution is 6.01. The molecule has 0 bridgehead atoms. The number of carbonyl (C=O) groups excluding carboxylic acids is 2. The number of rotatable bonds is 9. The predicted molar refractivity (Wildman–Crippen MR) is 109 cm³/mol. The third-order valence-corrected chi connectivity index (χ3v) is 3.99. The Labute approximate surface area is 167 Å². The minimum Gasteiger partial charge on any atom is -0.370 e. The summed E-state index contributed by atoms with van der Waals surface area (Å²) in [6.07, 6.45) is 0.782. The molecule has 0 aliphatic carbocycles. The number of nitro benzene ring substituents is 1. The number of non-ortho nitro benzene ring substituents is 1. The molecule has 29 heavy (non-hydrogen) atoms. The van der Waals surface area contributed by atoms with E-state index >= 15 is 0 Å². The maximum Gasteiger partial charge on any atom is 0.269 e.